The van der Waals surface area contributed by atoms with Crippen LogP contribution < -0.4 is 0 Å². The first-order valence-corrected chi connectivity index (χ1v) is 5.35. The van der Waals surface area contributed by atoms with Gasteiger partial charge in [-0.2, -0.15) is 0 Å². The molecule has 0 bridgehead atoms. The van der Waals surface area contributed by atoms with Crippen molar-refractivity contribution in [3.05, 3.63) is 54.5 Å². The number of carbonyl (C=O) groups is 1. The van der Waals surface area contributed by atoms with Crippen molar-refractivity contribution in [3.63, 3.8) is 0 Å². The predicted molar refractivity (Wildman–Crippen MR) is 79.4 cm³/mol. The zero-order valence-corrected chi connectivity index (χ0v) is 14.7. The molecule has 1 aromatic carbocycles. The van der Waals surface area contributed by atoms with E-state index in [0.29, 0.717) is 0 Å². The number of hydrogen-bond donors (Lipinski definition) is 0. The minimum atomic E-state index is 0. The molecule has 101 valence electrons. The predicted octanol–water partition coefficient (Wildman–Crippen LogP) is 5.25. The van der Waals surface area contributed by atoms with Gasteiger partial charge in [-0.3, -0.25) is 4.79 Å². The normalized spacial score (nSPS) is 7.17. The fraction of sp³-hybridized carbons (Fsp3) is 0.375. The molecule has 18 heavy (non-hydrogen) atoms. The minimum Gasteiger partial charge on any atom is -0.358 e. The van der Waals surface area contributed by atoms with Gasteiger partial charge in [0, 0.05) is 38.3 Å². The molecular weight excluding hydrogens is 297 g/mol. The number of rotatable bonds is 2. The Morgan fingerprint density at radius 1 is 1.06 bits per heavy atom. The van der Waals surface area contributed by atoms with Gasteiger partial charge < -0.3 is 7.43 Å². The summed E-state index contributed by atoms with van der Waals surface area (Å²) >= 11 is 0. The standard InChI is InChI=1S/C12H14O.C2H6.CH4.CH3.Y/c1-9(2)8-12(13)11-6-4-10(3)5-7-11;1-2;;;/h4-8H,1-3H3;1-2H3;1H4;1H3;/q;;;-1;. The molecular formula is C16H27OY-. The Hall–Kier alpha value is -0.266. The van der Waals surface area contributed by atoms with Crippen molar-refractivity contribution >= 4 is 5.78 Å². The molecule has 2 heteroatoms. The number of hydrogen-bond acceptors (Lipinski definition) is 1. The number of aryl methyl sites for hydroxylation is 1. The van der Waals surface area contributed by atoms with E-state index in [4.69, 9.17) is 0 Å². The first-order chi connectivity index (χ1) is 7.09. The van der Waals surface area contributed by atoms with E-state index in [1.54, 1.807) is 6.08 Å². The van der Waals surface area contributed by atoms with Gasteiger partial charge in [0.15, 0.2) is 5.78 Å². The van der Waals surface area contributed by atoms with Crippen LogP contribution in [0, 0.1) is 14.4 Å². The Bertz CT molecular complexity index is 333. The zero-order chi connectivity index (χ0) is 11.8. The smallest absolute Gasteiger partial charge is 0.185 e. The molecule has 0 aliphatic carbocycles. The van der Waals surface area contributed by atoms with Crippen LogP contribution >= 0.6 is 0 Å². The van der Waals surface area contributed by atoms with Crippen molar-refractivity contribution in [1.29, 1.82) is 0 Å². The number of benzene rings is 1. The van der Waals surface area contributed by atoms with Gasteiger partial charge in [-0.1, -0.05) is 56.7 Å². The maximum Gasteiger partial charge on any atom is 0.185 e. The molecule has 0 amide bonds. The average molecular weight is 324 g/mol. The average Bonchev–Trinajstić information content (AvgIpc) is 2.20. The number of allylic oxidation sites excluding steroid dienone is 2. The van der Waals surface area contributed by atoms with Crippen LogP contribution in [0.3, 0.4) is 0 Å². The molecule has 0 aliphatic rings. The third-order valence-electron chi connectivity index (χ3n) is 1.76. The topological polar surface area (TPSA) is 17.1 Å². The molecule has 0 atom stereocenters. The van der Waals surface area contributed by atoms with Crippen molar-refractivity contribution in [3.8, 4) is 0 Å². The SMILES string of the molecule is C.CC.CC(C)=CC(=O)c1ccc(C)cc1.[CH3-].[Y]. The van der Waals surface area contributed by atoms with Crippen LogP contribution in [0.25, 0.3) is 0 Å². The van der Waals surface area contributed by atoms with Crippen LogP contribution in [-0.2, 0) is 32.7 Å². The fourth-order valence-electron chi connectivity index (χ4n) is 1.06. The third kappa shape index (κ3) is 10.9. The van der Waals surface area contributed by atoms with Crippen molar-refractivity contribution in [2.75, 3.05) is 0 Å². The Morgan fingerprint density at radius 3 is 1.78 bits per heavy atom. The van der Waals surface area contributed by atoms with Crippen molar-refractivity contribution < 1.29 is 37.5 Å². The molecule has 1 rings (SSSR count). The summed E-state index contributed by atoms with van der Waals surface area (Å²) < 4.78 is 0. The molecule has 1 aromatic rings. The summed E-state index contributed by atoms with van der Waals surface area (Å²) in [6.07, 6.45) is 1.66. The van der Waals surface area contributed by atoms with E-state index >= 15 is 0 Å². The second kappa shape index (κ2) is 14.8. The van der Waals surface area contributed by atoms with Crippen LogP contribution in [0.4, 0.5) is 0 Å². The fourth-order valence-corrected chi connectivity index (χ4v) is 1.06. The van der Waals surface area contributed by atoms with Crippen LogP contribution in [0.15, 0.2) is 35.9 Å². The van der Waals surface area contributed by atoms with Crippen LogP contribution in [-0.4, -0.2) is 5.78 Å². The van der Waals surface area contributed by atoms with Gasteiger partial charge in [-0.05, 0) is 26.8 Å². The molecule has 0 unspecified atom stereocenters. The number of carbonyl (C=O) groups excluding carboxylic acids is 1. The molecule has 0 saturated heterocycles. The van der Waals surface area contributed by atoms with Crippen molar-refractivity contribution in [1.82, 2.24) is 0 Å². The van der Waals surface area contributed by atoms with E-state index in [1.165, 1.54) is 5.56 Å². The van der Waals surface area contributed by atoms with E-state index in [1.807, 2.05) is 58.9 Å². The zero-order valence-electron chi connectivity index (χ0n) is 11.9. The molecule has 1 radical (unpaired) electrons. The van der Waals surface area contributed by atoms with E-state index < -0.39 is 0 Å². The molecule has 0 aromatic heterocycles. The summed E-state index contributed by atoms with van der Waals surface area (Å²) in [6.45, 7) is 9.85. The molecule has 0 fully saturated rings. The van der Waals surface area contributed by atoms with Gasteiger partial charge in [-0.25, -0.2) is 0 Å². The maximum absolute atomic E-state index is 11.5. The monoisotopic (exact) mass is 324 g/mol. The minimum absolute atomic E-state index is 0. The second-order valence-corrected chi connectivity index (χ2v) is 3.45. The van der Waals surface area contributed by atoms with E-state index in [0.717, 1.165) is 11.1 Å². The summed E-state index contributed by atoms with van der Waals surface area (Å²) in [5, 5.41) is 0. The Kier molecular flexibility index (Phi) is 21.6. The third-order valence-corrected chi connectivity index (χ3v) is 1.76. The van der Waals surface area contributed by atoms with Crippen LogP contribution in [0.1, 0.15) is 51.0 Å². The molecule has 0 spiro atoms. The van der Waals surface area contributed by atoms with Crippen LogP contribution in [0.2, 0.25) is 0 Å². The Morgan fingerprint density at radius 2 is 1.44 bits per heavy atom. The Labute approximate surface area is 139 Å². The first kappa shape index (κ1) is 26.3. The van der Waals surface area contributed by atoms with Gasteiger partial charge in [0.1, 0.15) is 0 Å². The second-order valence-electron chi connectivity index (χ2n) is 3.45. The summed E-state index contributed by atoms with van der Waals surface area (Å²) in [5.74, 6) is 0.0833. The summed E-state index contributed by atoms with van der Waals surface area (Å²) in [4.78, 5) is 11.5. The molecule has 1 nitrogen and oxygen atoms in total. The van der Waals surface area contributed by atoms with Gasteiger partial charge in [0.05, 0.1) is 0 Å². The van der Waals surface area contributed by atoms with E-state index in [2.05, 4.69) is 0 Å². The van der Waals surface area contributed by atoms with Crippen molar-refractivity contribution in [2.45, 2.75) is 42.0 Å². The van der Waals surface area contributed by atoms with Gasteiger partial charge in [-0.15, -0.1) is 0 Å². The Balaban J connectivity index is -0.000000186. The molecule has 0 saturated carbocycles. The first-order valence-electron chi connectivity index (χ1n) is 5.35. The molecule has 0 aliphatic heterocycles. The van der Waals surface area contributed by atoms with E-state index in [9.17, 15) is 4.79 Å². The van der Waals surface area contributed by atoms with Gasteiger partial charge in [0.2, 0.25) is 0 Å². The summed E-state index contributed by atoms with van der Waals surface area (Å²) in [5.41, 5.74) is 2.96. The summed E-state index contributed by atoms with van der Waals surface area (Å²) in [6, 6.07) is 7.62. The van der Waals surface area contributed by atoms with E-state index in [-0.39, 0.29) is 53.3 Å². The summed E-state index contributed by atoms with van der Waals surface area (Å²) in [7, 11) is 0. The van der Waals surface area contributed by atoms with Gasteiger partial charge >= 0.3 is 0 Å². The molecule has 0 N–H and O–H groups in total. The largest absolute Gasteiger partial charge is 0.358 e. The number of ketones is 1. The maximum atomic E-state index is 11.5. The quantitative estimate of drug-likeness (QED) is 0.412. The van der Waals surface area contributed by atoms with Crippen LogP contribution in [0.5, 0.6) is 0 Å². The van der Waals surface area contributed by atoms with Gasteiger partial charge in [0.25, 0.3) is 0 Å². The van der Waals surface area contributed by atoms with Crippen molar-refractivity contribution in [2.24, 2.45) is 0 Å². The molecule has 0 heterocycles.